The molecule has 364 valence electrons. The molecule has 3 aliphatic heterocycles. The van der Waals surface area contributed by atoms with Crippen molar-refractivity contribution in [3.63, 3.8) is 0 Å². The maximum absolute atomic E-state index is 14.7. The van der Waals surface area contributed by atoms with Crippen molar-refractivity contribution in [2.45, 2.75) is 111 Å². The van der Waals surface area contributed by atoms with Crippen LogP contribution in [0.1, 0.15) is 83.7 Å². The maximum atomic E-state index is 14.7. The number of aromatic nitrogens is 2. The van der Waals surface area contributed by atoms with E-state index in [1.807, 2.05) is 65.0 Å². The average molecular weight is 940 g/mol. The van der Waals surface area contributed by atoms with E-state index >= 15 is 0 Å². The molecule has 0 spiro atoms. The molecule has 2 fully saturated rings. The Morgan fingerprint density at radius 2 is 1.85 bits per heavy atom. The molecular weight excluding hydrogens is 877 g/mol. The van der Waals surface area contributed by atoms with Crippen molar-refractivity contribution >= 4 is 40.5 Å². The molecule has 17 heteroatoms. The molecule has 2 saturated heterocycles. The monoisotopic (exact) mass is 939 g/mol. The number of fused-ring (bicyclic) bond motifs is 6. The summed E-state index contributed by atoms with van der Waals surface area (Å²) >= 11 is 0. The zero-order chi connectivity index (χ0) is 49.2. The molecule has 3 aliphatic rings. The van der Waals surface area contributed by atoms with Crippen LogP contribution in [0.25, 0.3) is 33.3 Å². The van der Waals surface area contributed by atoms with Crippen molar-refractivity contribution < 1.29 is 47.3 Å². The molecule has 1 unspecified atom stereocenters. The van der Waals surface area contributed by atoms with Gasteiger partial charge >= 0.3 is 12.6 Å². The molecular formula is C51H63F2N7O8. The molecule has 5 heterocycles. The Balaban J connectivity index is 1.31. The van der Waals surface area contributed by atoms with Gasteiger partial charge in [0.2, 0.25) is 17.7 Å². The summed E-state index contributed by atoms with van der Waals surface area (Å²) in [6.45, 7) is 13.0. The number of aryl methyl sites for hydroxylation is 1. The Kier molecular flexibility index (Phi) is 15.0. The van der Waals surface area contributed by atoms with Crippen molar-refractivity contribution in [1.29, 1.82) is 0 Å². The van der Waals surface area contributed by atoms with Gasteiger partial charge in [0.1, 0.15) is 30.0 Å². The van der Waals surface area contributed by atoms with Gasteiger partial charge in [-0.25, -0.2) is 5.43 Å². The number of cyclic esters (lactones) is 1. The minimum Gasteiger partial charge on any atom is -0.508 e. The van der Waals surface area contributed by atoms with Crippen molar-refractivity contribution in [2.75, 3.05) is 33.3 Å². The molecule has 4 aromatic rings. The first-order valence-electron chi connectivity index (χ1n) is 23.4. The van der Waals surface area contributed by atoms with Crippen molar-refractivity contribution in [2.24, 2.45) is 17.3 Å². The van der Waals surface area contributed by atoms with E-state index in [-0.39, 0.29) is 49.6 Å². The number of carbonyl (C=O) groups is 5. The van der Waals surface area contributed by atoms with Crippen LogP contribution in [0.5, 0.6) is 5.75 Å². The number of nitrogens with one attached hydrogen (secondary N) is 2. The summed E-state index contributed by atoms with van der Waals surface area (Å²) in [4.78, 5) is 76.8. The molecule has 6 bridgehead atoms. The number of phenolic OH excluding ortho intramolecular Hbond substituents is 1. The number of phenols is 1. The van der Waals surface area contributed by atoms with E-state index in [4.69, 9.17) is 9.47 Å². The van der Waals surface area contributed by atoms with E-state index in [0.717, 1.165) is 27.7 Å². The van der Waals surface area contributed by atoms with E-state index in [1.54, 1.807) is 37.2 Å². The molecule has 0 saturated carbocycles. The quantitative estimate of drug-likeness (QED) is 0.110. The molecule has 0 aliphatic carbocycles. The first kappa shape index (κ1) is 49.7. The fraction of sp³-hybridized carbons (Fsp3) is 0.490. The largest absolute Gasteiger partial charge is 0.508 e. The van der Waals surface area contributed by atoms with E-state index in [0.29, 0.717) is 61.2 Å². The van der Waals surface area contributed by atoms with Gasteiger partial charge < -0.3 is 34.3 Å². The van der Waals surface area contributed by atoms with Crippen molar-refractivity contribution in [3.05, 3.63) is 84.2 Å². The number of pyridine rings is 1. The Hall–Kier alpha value is -6.20. The van der Waals surface area contributed by atoms with Gasteiger partial charge in [-0.05, 0) is 110 Å². The lowest BCUT2D eigenvalue weighted by Gasteiger charge is -2.37. The third-order valence-electron chi connectivity index (χ3n) is 13.3. The van der Waals surface area contributed by atoms with Gasteiger partial charge in [0.15, 0.2) is 0 Å². The lowest BCUT2D eigenvalue weighted by molar-refractivity contribution is -0.160. The molecule has 0 radical (unpaired) electrons. The van der Waals surface area contributed by atoms with Crippen LogP contribution in [0.15, 0.2) is 67.4 Å². The topological polar surface area (TPSA) is 176 Å². The average Bonchev–Trinajstić information content (AvgIpc) is 3.92. The number of aromatic hydroxyl groups is 1. The number of nitrogens with zero attached hydrogens (tertiary/aromatic N) is 5. The maximum Gasteiger partial charge on any atom is 0.345 e. The van der Waals surface area contributed by atoms with Gasteiger partial charge in [0.25, 0.3) is 5.91 Å². The Morgan fingerprint density at radius 1 is 1.09 bits per heavy atom. The number of esters is 1. The number of halogens is 2. The summed E-state index contributed by atoms with van der Waals surface area (Å²) in [5.41, 5.74) is 7.75. The number of rotatable bonds is 11. The predicted molar refractivity (Wildman–Crippen MR) is 252 cm³/mol. The number of ether oxygens (including phenoxy) is 2. The number of alkyl halides is 2. The van der Waals surface area contributed by atoms with Gasteiger partial charge in [-0.2, -0.15) is 8.78 Å². The normalized spacial score (nSPS) is 20.8. The number of amides is 4. The SMILES string of the molecule is C=CC(=O)N1CC[C@H](C(=O)N(C)C(C(=O)N[C@H]2Cc3cc(O)cc(c3)-c3ccc4c(c3)c(c(-c3cccnc3[C@H](C)OC(F)F)n4CC)CC(C)(C)COC(=O)[C@@H]3CCCN(N3)C2=O)C(C)C)C1. The Morgan fingerprint density at radius 3 is 2.56 bits per heavy atom. The minimum absolute atomic E-state index is 0.00155. The first-order valence-corrected chi connectivity index (χ1v) is 23.4. The minimum atomic E-state index is -3.02. The standard InChI is InChI=1S/C51H63F2N7O8/c1-9-42(62)58-20-17-33(27-58)47(64)57(8)44(29(3)4)46(63)55-40-23-31-21-34(24-35(61)22-31)32-15-16-41-37(25-32)38(26-51(6,7)28-67-49(66)39-14-12-19-60(56-39)48(40)65)45(59(41)10-2)36-13-11-18-54-43(36)30(5)68-50(52)53/h9,11,13,15-16,18,21-22,24-25,29-30,33,39-40,44,50,56,61H,1,10,12,14,17,19-20,23,26-28H2,2-8H3,(H,55,63)/t30-,33-,39-,40-,44?/m0/s1. The third kappa shape index (κ3) is 10.6. The van der Waals surface area contributed by atoms with Crippen LogP contribution >= 0.6 is 0 Å². The second-order valence-corrected chi connectivity index (χ2v) is 19.3. The lowest BCUT2D eigenvalue weighted by atomic mass is 9.84. The van der Waals surface area contributed by atoms with Crippen LogP contribution < -0.4 is 10.7 Å². The summed E-state index contributed by atoms with van der Waals surface area (Å²) < 4.78 is 40.4. The molecule has 2 aromatic carbocycles. The third-order valence-corrected chi connectivity index (χ3v) is 13.3. The molecule has 3 N–H and O–H groups in total. The number of carbonyl (C=O) groups excluding carboxylic acids is 5. The highest BCUT2D eigenvalue weighted by atomic mass is 19.3. The zero-order valence-electron chi connectivity index (χ0n) is 39.9. The van der Waals surface area contributed by atoms with Crippen LogP contribution in [0.4, 0.5) is 8.78 Å². The van der Waals surface area contributed by atoms with Crippen LogP contribution in [0, 0.1) is 17.3 Å². The molecule has 7 rings (SSSR count). The fourth-order valence-electron chi connectivity index (χ4n) is 10.1. The molecule has 5 atom stereocenters. The zero-order valence-corrected chi connectivity index (χ0v) is 39.9. The van der Waals surface area contributed by atoms with E-state index < -0.39 is 60.0 Å². The first-order chi connectivity index (χ1) is 32.3. The van der Waals surface area contributed by atoms with E-state index in [2.05, 4.69) is 26.9 Å². The van der Waals surface area contributed by atoms with Gasteiger partial charge in [-0.15, -0.1) is 0 Å². The number of likely N-dealkylation sites (tertiary alicyclic amines) is 1. The van der Waals surface area contributed by atoms with Gasteiger partial charge in [-0.1, -0.05) is 46.4 Å². The van der Waals surface area contributed by atoms with E-state index in [1.165, 1.54) is 22.1 Å². The summed E-state index contributed by atoms with van der Waals surface area (Å²) in [5.74, 6) is -3.18. The number of hydrazine groups is 1. The Labute approximate surface area is 395 Å². The van der Waals surface area contributed by atoms with Gasteiger partial charge in [0, 0.05) is 67.7 Å². The number of likely N-dealkylation sites (N-methyl/N-ethyl adjacent to an activating group) is 1. The molecule has 2 aromatic heterocycles. The van der Waals surface area contributed by atoms with Gasteiger partial charge in [0.05, 0.1) is 23.9 Å². The number of benzene rings is 2. The highest BCUT2D eigenvalue weighted by Gasteiger charge is 2.40. The number of hydrogen-bond donors (Lipinski definition) is 3. The lowest BCUT2D eigenvalue weighted by Crippen LogP contribution is -2.62. The van der Waals surface area contributed by atoms with Crippen molar-refractivity contribution in [3.8, 4) is 28.1 Å². The van der Waals surface area contributed by atoms with Crippen LogP contribution in [-0.4, -0.2) is 117 Å². The van der Waals surface area contributed by atoms with Crippen LogP contribution in [0.3, 0.4) is 0 Å². The van der Waals surface area contributed by atoms with E-state index in [9.17, 15) is 37.9 Å². The second kappa shape index (κ2) is 20.6. The summed E-state index contributed by atoms with van der Waals surface area (Å²) in [6, 6.07) is 11.5. The highest BCUT2D eigenvalue weighted by molar-refractivity contribution is 5.96. The van der Waals surface area contributed by atoms with Crippen LogP contribution in [-0.2, 0) is 52.8 Å². The number of hydrogen-bond acceptors (Lipinski definition) is 10. The highest BCUT2D eigenvalue weighted by Crippen LogP contribution is 2.42. The fourth-order valence-corrected chi connectivity index (χ4v) is 10.1. The summed E-state index contributed by atoms with van der Waals surface area (Å²) in [7, 11) is 1.55. The smallest absolute Gasteiger partial charge is 0.345 e. The Bertz CT molecular complexity index is 2580. The molecule has 68 heavy (non-hydrogen) atoms. The summed E-state index contributed by atoms with van der Waals surface area (Å²) in [6.07, 6.45) is 3.31. The molecule has 4 amide bonds. The second-order valence-electron chi connectivity index (χ2n) is 19.3. The molecule has 15 nitrogen and oxygen atoms in total. The summed E-state index contributed by atoms with van der Waals surface area (Å²) in [5, 5.41) is 16.5. The predicted octanol–water partition coefficient (Wildman–Crippen LogP) is 6.56. The van der Waals surface area contributed by atoms with Gasteiger partial charge in [-0.3, -0.25) is 34.0 Å². The van der Waals surface area contributed by atoms with Crippen molar-refractivity contribution in [1.82, 2.24) is 35.1 Å². The van der Waals surface area contributed by atoms with Crippen LogP contribution in [0.2, 0.25) is 0 Å².